The van der Waals surface area contributed by atoms with Gasteiger partial charge in [0.15, 0.2) is 0 Å². The molecule has 0 fully saturated rings. The fourth-order valence-electron chi connectivity index (χ4n) is 4.48. The number of rotatable bonds is 15. The molecule has 0 spiro atoms. The van der Waals surface area contributed by atoms with Crippen molar-refractivity contribution in [3.63, 3.8) is 0 Å². The molecule has 0 heterocycles. The minimum Gasteiger partial charge on any atom is -0.444 e. The normalized spacial score (nSPS) is 12.8. The number of ether oxygens (including phenoxy) is 1. The Morgan fingerprint density at radius 1 is 0.875 bits per heavy atom. The lowest BCUT2D eigenvalue weighted by atomic mass is 9.99. The van der Waals surface area contributed by atoms with E-state index in [-0.39, 0.29) is 18.2 Å². The van der Waals surface area contributed by atoms with Crippen molar-refractivity contribution in [2.24, 2.45) is 0 Å². The smallest absolute Gasteiger partial charge is 0.408 e. The molecule has 0 saturated carbocycles. The van der Waals surface area contributed by atoms with Crippen molar-refractivity contribution in [1.29, 1.82) is 0 Å². The van der Waals surface area contributed by atoms with Gasteiger partial charge in [0.05, 0.1) is 0 Å². The SMILES string of the molecule is CCCCCCN(C(=O)C(Cc1ccccc1)NC(=O)OC(C)(C)C)C(C(=O)NCCCC)c1ccc(C)cc1. The third kappa shape index (κ3) is 11.4. The topological polar surface area (TPSA) is 87.7 Å². The molecule has 0 aliphatic rings. The number of carbonyl (C=O) groups is 3. The second kappa shape index (κ2) is 16.7. The van der Waals surface area contributed by atoms with E-state index in [1.165, 1.54) is 0 Å². The predicted molar refractivity (Wildman–Crippen MR) is 161 cm³/mol. The van der Waals surface area contributed by atoms with E-state index in [1.807, 2.05) is 61.5 Å². The molecule has 2 rings (SSSR count). The van der Waals surface area contributed by atoms with Gasteiger partial charge in [-0.1, -0.05) is 99.7 Å². The molecule has 0 aromatic heterocycles. The second-order valence-corrected chi connectivity index (χ2v) is 11.4. The number of amides is 3. The monoisotopic (exact) mass is 551 g/mol. The van der Waals surface area contributed by atoms with Gasteiger partial charge in [-0.25, -0.2) is 4.79 Å². The Labute approximate surface area is 241 Å². The first-order chi connectivity index (χ1) is 19.1. The third-order valence-electron chi connectivity index (χ3n) is 6.59. The molecule has 3 amide bonds. The molecule has 2 N–H and O–H groups in total. The van der Waals surface area contributed by atoms with E-state index in [9.17, 15) is 14.4 Å². The number of benzene rings is 2. The zero-order chi connectivity index (χ0) is 29.5. The van der Waals surface area contributed by atoms with Crippen LogP contribution in [-0.4, -0.2) is 47.5 Å². The summed E-state index contributed by atoms with van der Waals surface area (Å²) in [5.41, 5.74) is 2.01. The van der Waals surface area contributed by atoms with Crippen LogP contribution in [-0.2, 0) is 20.7 Å². The summed E-state index contributed by atoms with van der Waals surface area (Å²) in [5.74, 6) is -0.515. The molecule has 0 aliphatic carbocycles. The molecule has 7 nitrogen and oxygen atoms in total. The summed E-state index contributed by atoms with van der Waals surface area (Å²) in [6, 6.07) is 15.6. The molecule has 2 aromatic rings. The van der Waals surface area contributed by atoms with Crippen LogP contribution < -0.4 is 10.6 Å². The van der Waals surface area contributed by atoms with Crippen molar-refractivity contribution in [3.8, 4) is 0 Å². The Hall–Kier alpha value is -3.35. The maximum Gasteiger partial charge on any atom is 0.408 e. The number of unbranched alkanes of at least 4 members (excludes halogenated alkanes) is 4. The van der Waals surface area contributed by atoms with Gasteiger partial charge < -0.3 is 20.3 Å². The highest BCUT2D eigenvalue weighted by Gasteiger charge is 2.36. The van der Waals surface area contributed by atoms with Crippen molar-refractivity contribution in [2.45, 2.75) is 104 Å². The Morgan fingerprint density at radius 3 is 2.12 bits per heavy atom. The standard InChI is InChI=1S/C33H49N3O4/c1-7-9-11-15-23-36(29(30(37)34-22-10-8-2)27-20-18-25(3)19-21-27)31(38)28(24-26-16-13-12-14-17-26)35-32(39)40-33(4,5)6/h12-14,16-21,28-29H,7-11,15,22-24H2,1-6H3,(H,34,37)(H,35,39). The van der Waals surface area contributed by atoms with Crippen LogP contribution in [0.1, 0.15) is 95.9 Å². The Balaban J connectivity index is 2.50. The Kier molecular flexibility index (Phi) is 13.7. The molecule has 0 radical (unpaired) electrons. The van der Waals surface area contributed by atoms with Crippen LogP contribution in [0.4, 0.5) is 4.79 Å². The van der Waals surface area contributed by atoms with Gasteiger partial charge in [-0.05, 0) is 51.7 Å². The lowest BCUT2D eigenvalue weighted by molar-refractivity contribution is -0.142. The van der Waals surface area contributed by atoms with Crippen LogP contribution in [0.5, 0.6) is 0 Å². The maximum absolute atomic E-state index is 14.4. The van der Waals surface area contributed by atoms with E-state index in [2.05, 4.69) is 24.5 Å². The first-order valence-electron chi connectivity index (χ1n) is 14.7. The molecule has 0 saturated heterocycles. The molecule has 2 unspecified atom stereocenters. The summed E-state index contributed by atoms with van der Waals surface area (Å²) < 4.78 is 5.52. The highest BCUT2D eigenvalue weighted by atomic mass is 16.6. The van der Waals surface area contributed by atoms with Crippen LogP contribution in [0.25, 0.3) is 0 Å². The zero-order valence-corrected chi connectivity index (χ0v) is 25.3. The molecule has 7 heteroatoms. The molecule has 2 atom stereocenters. The first-order valence-corrected chi connectivity index (χ1v) is 14.7. The van der Waals surface area contributed by atoms with Gasteiger partial charge in [0.25, 0.3) is 0 Å². The number of hydrogen-bond acceptors (Lipinski definition) is 4. The Bertz CT molecular complexity index is 1050. The van der Waals surface area contributed by atoms with Crippen molar-refractivity contribution in [3.05, 3.63) is 71.3 Å². The van der Waals surface area contributed by atoms with Crippen LogP contribution in [0.2, 0.25) is 0 Å². The van der Waals surface area contributed by atoms with Gasteiger partial charge in [-0.2, -0.15) is 0 Å². The average Bonchev–Trinajstić information content (AvgIpc) is 2.90. The maximum atomic E-state index is 14.4. The van der Waals surface area contributed by atoms with Gasteiger partial charge in [-0.3, -0.25) is 9.59 Å². The fourth-order valence-corrected chi connectivity index (χ4v) is 4.48. The molecule has 0 bridgehead atoms. The van der Waals surface area contributed by atoms with E-state index in [4.69, 9.17) is 4.74 Å². The molecular weight excluding hydrogens is 502 g/mol. The van der Waals surface area contributed by atoms with Crippen LogP contribution in [0, 0.1) is 6.92 Å². The van der Waals surface area contributed by atoms with E-state index < -0.39 is 23.8 Å². The lowest BCUT2D eigenvalue weighted by Crippen LogP contribution is -2.54. The van der Waals surface area contributed by atoms with Crippen molar-refractivity contribution >= 4 is 17.9 Å². The van der Waals surface area contributed by atoms with Crippen LogP contribution in [0.3, 0.4) is 0 Å². The summed E-state index contributed by atoms with van der Waals surface area (Å²) in [4.78, 5) is 42.7. The average molecular weight is 552 g/mol. The molecule has 2 aromatic carbocycles. The number of hydrogen-bond donors (Lipinski definition) is 2. The van der Waals surface area contributed by atoms with Gasteiger partial charge in [0, 0.05) is 19.5 Å². The minimum absolute atomic E-state index is 0.211. The van der Waals surface area contributed by atoms with E-state index in [0.717, 1.165) is 55.2 Å². The number of carbonyl (C=O) groups excluding carboxylic acids is 3. The van der Waals surface area contributed by atoms with Crippen LogP contribution in [0.15, 0.2) is 54.6 Å². The minimum atomic E-state index is -0.903. The van der Waals surface area contributed by atoms with Gasteiger partial charge in [0.2, 0.25) is 11.8 Å². The predicted octanol–water partition coefficient (Wildman–Crippen LogP) is 6.50. The molecular formula is C33H49N3O4. The zero-order valence-electron chi connectivity index (χ0n) is 25.3. The van der Waals surface area contributed by atoms with E-state index in [0.29, 0.717) is 13.1 Å². The highest BCUT2D eigenvalue weighted by molar-refractivity contribution is 5.92. The summed E-state index contributed by atoms with van der Waals surface area (Å²) in [5, 5.41) is 5.88. The summed E-state index contributed by atoms with van der Waals surface area (Å²) in [6.07, 6.45) is 5.24. The lowest BCUT2D eigenvalue weighted by Gasteiger charge is -2.35. The number of alkyl carbamates (subject to hydrolysis) is 1. The Morgan fingerprint density at radius 2 is 1.52 bits per heavy atom. The third-order valence-corrected chi connectivity index (χ3v) is 6.59. The second-order valence-electron chi connectivity index (χ2n) is 11.4. The highest BCUT2D eigenvalue weighted by Crippen LogP contribution is 2.25. The number of nitrogens with zero attached hydrogens (tertiary/aromatic N) is 1. The molecule has 40 heavy (non-hydrogen) atoms. The summed E-state index contributed by atoms with van der Waals surface area (Å²) in [6.45, 7) is 12.5. The van der Waals surface area contributed by atoms with Gasteiger partial charge >= 0.3 is 6.09 Å². The summed E-state index contributed by atoms with van der Waals surface area (Å²) >= 11 is 0. The summed E-state index contributed by atoms with van der Waals surface area (Å²) in [7, 11) is 0. The number of aryl methyl sites for hydroxylation is 1. The van der Waals surface area contributed by atoms with Crippen molar-refractivity contribution < 1.29 is 19.1 Å². The fraction of sp³-hybridized carbons (Fsp3) is 0.545. The van der Waals surface area contributed by atoms with Crippen LogP contribution >= 0.6 is 0 Å². The number of nitrogens with one attached hydrogen (secondary N) is 2. The first kappa shape index (κ1) is 32.9. The van der Waals surface area contributed by atoms with Crippen molar-refractivity contribution in [2.75, 3.05) is 13.1 Å². The largest absolute Gasteiger partial charge is 0.444 e. The molecule has 220 valence electrons. The van der Waals surface area contributed by atoms with E-state index >= 15 is 0 Å². The van der Waals surface area contributed by atoms with Crippen molar-refractivity contribution in [1.82, 2.24) is 15.5 Å². The van der Waals surface area contributed by atoms with Gasteiger partial charge in [-0.15, -0.1) is 0 Å². The quantitative estimate of drug-likeness (QED) is 0.248. The molecule has 0 aliphatic heterocycles. The van der Waals surface area contributed by atoms with E-state index in [1.54, 1.807) is 25.7 Å². The van der Waals surface area contributed by atoms with Gasteiger partial charge in [0.1, 0.15) is 17.7 Å².